The summed E-state index contributed by atoms with van der Waals surface area (Å²) in [6.07, 6.45) is 4.55. The summed E-state index contributed by atoms with van der Waals surface area (Å²) >= 11 is 0. The monoisotopic (exact) mass is 379 g/mol. The maximum atomic E-state index is 12.5. The van der Waals surface area contributed by atoms with E-state index >= 15 is 0 Å². The van der Waals surface area contributed by atoms with Crippen molar-refractivity contribution in [1.82, 2.24) is 14.9 Å². The van der Waals surface area contributed by atoms with Crippen LogP contribution in [0.3, 0.4) is 0 Å². The van der Waals surface area contributed by atoms with E-state index < -0.39 is 0 Å². The van der Waals surface area contributed by atoms with Crippen LogP contribution in [0.1, 0.15) is 22.6 Å². The predicted octanol–water partition coefficient (Wildman–Crippen LogP) is 3.47. The number of imidazole rings is 1. The number of amides is 1. The fourth-order valence-electron chi connectivity index (χ4n) is 2.79. The highest BCUT2D eigenvalue weighted by Gasteiger charge is 2.11. The zero-order valence-corrected chi connectivity index (χ0v) is 16.0. The van der Waals surface area contributed by atoms with Crippen molar-refractivity contribution >= 4 is 5.91 Å². The van der Waals surface area contributed by atoms with E-state index in [1.165, 1.54) is 0 Å². The fourth-order valence-corrected chi connectivity index (χ4v) is 2.79. The van der Waals surface area contributed by atoms with Crippen molar-refractivity contribution in [2.45, 2.75) is 19.9 Å². The summed E-state index contributed by atoms with van der Waals surface area (Å²) in [6.45, 7) is 4.14. The molecule has 0 fully saturated rings. The molecule has 146 valence electrons. The number of nitrogens with zero attached hydrogens (tertiary/aromatic N) is 2. The second-order valence-corrected chi connectivity index (χ2v) is 6.28. The van der Waals surface area contributed by atoms with Crippen LogP contribution in [-0.4, -0.2) is 35.2 Å². The molecule has 0 aliphatic carbocycles. The lowest BCUT2D eigenvalue weighted by molar-refractivity contribution is 0.0947. The number of ether oxygens (including phenoxy) is 2. The van der Waals surface area contributed by atoms with Crippen LogP contribution in [0.4, 0.5) is 0 Å². The number of rotatable bonds is 10. The zero-order chi connectivity index (χ0) is 19.6. The van der Waals surface area contributed by atoms with Crippen molar-refractivity contribution in [3.05, 3.63) is 78.4 Å². The van der Waals surface area contributed by atoms with Crippen LogP contribution in [0.15, 0.2) is 67.0 Å². The summed E-state index contributed by atoms with van der Waals surface area (Å²) in [6, 6.07) is 16.8. The molecular formula is C22H25N3O3. The molecule has 28 heavy (non-hydrogen) atoms. The summed E-state index contributed by atoms with van der Waals surface area (Å²) < 4.78 is 13.4. The predicted molar refractivity (Wildman–Crippen MR) is 108 cm³/mol. The minimum absolute atomic E-state index is 0.137. The molecule has 3 aromatic rings. The Morgan fingerprint density at radius 1 is 1.04 bits per heavy atom. The minimum atomic E-state index is -0.137. The molecule has 1 N–H and O–H groups in total. The van der Waals surface area contributed by atoms with Gasteiger partial charge in [-0.3, -0.25) is 4.79 Å². The number of hydrogen-bond acceptors (Lipinski definition) is 4. The van der Waals surface area contributed by atoms with Crippen molar-refractivity contribution < 1.29 is 14.3 Å². The van der Waals surface area contributed by atoms with Gasteiger partial charge in [-0.2, -0.15) is 0 Å². The number of benzene rings is 2. The molecule has 0 atom stereocenters. The first-order chi connectivity index (χ1) is 13.7. The van der Waals surface area contributed by atoms with Gasteiger partial charge in [0, 0.05) is 25.5 Å². The van der Waals surface area contributed by atoms with Crippen molar-refractivity contribution in [1.29, 1.82) is 0 Å². The Bertz CT molecular complexity index is 877. The summed E-state index contributed by atoms with van der Waals surface area (Å²) in [5.74, 6) is 2.19. The summed E-state index contributed by atoms with van der Waals surface area (Å²) in [4.78, 5) is 16.7. The number of hydrogen-bond donors (Lipinski definition) is 1. The molecule has 1 heterocycles. The van der Waals surface area contributed by atoms with Gasteiger partial charge in [0.05, 0.1) is 5.56 Å². The van der Waals surface area contributed by atoms with E-state index in [4.69, 9.17) is 9.47 Å². The topological polar surface area (TPSA) is 65.4 Å². The van der Waals surface area contributed by atoms with Crippen LogP contribution in [0.5, 0.6) is 11.5 Å². The van der Waals surface area contributed by atoms with Crippen LogP contribution in [0.25, 0.3) is 0 Å². The number of aryl methyl sites for hydroxylation is 2. The van der Waals surface area contributed by atoms with E-state index in [9.17, 15) is 4.79 Å². The maximum absolute atomic E-state index is 12.5. The van der Waals surface area contributed by atoms with Gasteiger partial charge >= 0.3 is 0 Å². The van der Waals surface area contributed by atoms with Gasteiger partial charge in [-0.05, 0) is 37.6 Å². The number of carbonyl (C=O) groups is 1. The number of nitrogens with one attached hydrogen (secondary N) is 1. The molecule has 6 heteroatoms. The molecule has 0 saturated heterocycles. The molecule has 3 rings (SSSR count). The van der Waals surface area contributed by atoms with Crippen LogP contribution >= 0.6 is 0 Å². The second-order valence-electron chi connectivity index (χ2n) is 6.28. The lowest BCUT2D eigenvalue weighted by Crippen LogP contribution is -2.26. The van der Waals surface area contributed by atoms with Crippen molar-refractivity contribution in [2.75, 3.05) is 19.8 Å². The van der Waals surface area contributed by atoms with E-state index in [1.807, 2.05) is 55.6 Å². The average Bonchev–Trinajstić information content (AvgIpc) is 3.14. The van der Waals surface area contributed by atoms with E-state index in [-0.39, 0.29) is 5.91 Å². The fraction of sp³-hybridized carbons (Fsp3) is 0.273. The summed E-state index contributed by atoms with van der Waals surface area (Å²) in [5, 5.41) is 2.95. The lowest BCUT2D eigenvalue weighted by Gasteiger charge is -2.12. The molecule has 2 aromatic carbocycles. The van der Waals surface area contributed by atoms with Gasteiger partial charge in [0.2, 0.25) is 0 Å². The molecule has 0 aliphatic rings. The molecule has 1 amide bonds. The van der Waals surface area contributed by atoms with E-state index in [2.05, 4.69) is 14.9 Å². The number of para-hydroxylation sites is 2. The molecule has 0 saturated carbocycles. The van der Waals surface area contributed by atoms with E-state index in [0.29, 0.717) is 31.1 Å². The van der Waals surface area contributed by atoms with Crippen LogP contribution in [-0.2, 0) is 6.54 Å². The Morgan fingerprint density at radius 2 is 1.79 bits per heavy atom. The first-order valence-electron chi connectivity index (χ1n) is 9.39. The van der Waals surface area contributed by atoms with Gasteiger partial charge in [0.15, 0.2) is 0 Å². The van der Waals surface area contributed by atoms with Crippen molar-refractivity contribution in [3.63, 3.8) is 0 Å². The van der Waals surface area contributed by atoms with Gasteiger partial charge in [-0.25, -0.2) is 4.98 Å². The zero-order valence-electron chi connectivity index (χ0n) is 16.0. The summed E-state index contributed by atoms with van der Waals surface area (Å²) in [7, 11) is 0. The first-order valence-corrected chi connectivity index (χ1v) is 9.39. The van der Waals surface area contributed by atoms with E-state index in [0.717, 1.165) is 24.5 Å². The minimum Gasteiger partial charge on any atom is -0.490 e. The second kappa shape index (κ2) is 10.2. The highest BCUT2D eigenvalue weighted by molar-refractivity contribution is 5.96. The lowest BCUT2D eigenvalue weighted by atomic mass is 10.2. The molecule has 6 nitrogen and oxygen atoms in total. The Balaban J connectivity index is 1.44. The van der Waals surface area contributed by atoms with E-state index in [1.54, 1.807) is 18.3 Å². The number of carbonyl (C=O) groups excluding carboxylic acids is 1. The number of aromatic nitrogens is 2. The molecule has 0 spiro atoms. The van der Waals surface area contributed by atoms with Gasteiger partial charge in [0.1, 0.15) is 30.5 Å². The molecule has 0 unspecified atom stereocenters. The molecular weight excluding hydrogens is 354 g/mol. The van der Waals surface area contributed by atoms with Crippen molar-refractivity contribution in [3.8, 4) is 11.5 Å². The normalized spacial score (nSPS) is 10.5. The van der Waals surface area contributed by atoms with Gasteiger partial charge in [0.25, 0.3) is 5.91 Å². The van der Waals surface area contributed by atoms with Gasteiger partial charge in [-0.15, -0.1) is 0 Å². The quantitative estimate of drug-likeness (QED) is 0.548. The molecule has 0 aliphatic heterocycles. The average molecular weight is 379 g/mol. The Hall–Kier alpha value is -3.28. The third-order valence-corrected chi connectivity index (χ3v) is 4.27. The van der Waals surface area contributed by atoms with Crippen LogP contribution in [0, 0.1) is 6.92 Å². The van der Waals surface area contributed by atoms with Gasteiger partial charge < -0.3 is 19.4 Å². The smallest absolute Gasteiger partial charge is 0.255 e. The summed E-state index contributed by atoms with van der Waals surface area (Å²) in [5.41, 5.74) is 0.529. The van der Waals surface area contributed by atoms with Crippen LogP contribution in [0.2, 0.25) is 0 Å². The molecule has 0 bridgehead atoms. The third kappa shape index (κ3) is 5.61. The highest BCUT2D eigenvalue weighted by atomic mass is 16.5. The van der Waals surface area contributed by atoms with Gasteiger partial charge in [-0.1, -0.05) is 30.3 Å². The molecule has 0 radical (unpaired) electrons. The third-order valence-electron chi connectivity index (χ3n) is 4.27. The maximum Gasteiger partial charge on any atom is 0.255 e. The largest absolute Gasteiger partial charge is 0.490 e. The van der Waals surface area contributed by atoms with Crippen LogP contribution < -0.4 is 14.8 Å². The first kappa shape index (κ1) is 19.5. The SMILES string of the molecule is Cc1nccn1CCCNC(=O)c1ccccc1OCCOc1ccccc1. The Labute approximate surface area is 165 Å². The van der Waals surface area contributed by atoms with Crippen molar-refractivity contribution in [2.24, 2.45) is 0 Å². The Kier molecular flexibility index (Phi) is 7.07. The molecule has 1 aromatic heterocycles. The Morgan fingerprint density at radius 3 is 2.57 bits per heavy atom. The standard InChI is InChI=1S/C22H25N3O3/c1-18-23-13-15-25(18)14-7-12-24-22(26)20-10-5-6-11-21(20)28-17-16-27-19-8-3-2-4-9-19/h2-6,8-11,13,15H,7,12,14,16-17H2,1H3,(H,24,26). The highest BCUT2D eigenvalue weighted by Crippen LogP contribution is 2.18.